The molecule has 0 saturated carbocycles. The van der Waals surface area contributed by atoms with Gasteiger partial charge < -0.3 is 15.4 Å². The molecule has 5 heteroatoms. The van der Waals surface area contributed by atoms with Crippen LogP contribution < -0.4 is 15.4 Å². The molecule has 2 rings (SSSR count). The third-order valence-corrected chi connectivity index (χ3v) is 3.33. The second-order valence-corrected chi connectivity index (χ2v) is 5.21. The van der Waals surface area contributed by atoms with Crippen LogP contribution >= 0.6 is 0 Å². The zero-order valence-electron chi connectivity index (χ0n) is 13.3. The van der Waals surface area contributed by atoms with E-state index in [0.717, 1.165) is 16.7 Å². The third-order valence-electron chi connectivity index (χ3n) is 3.33. The first kappa shape index (κ1) is 16.5. The predicted molar refractivity (Wildman–Crippen MR) is 87.9 cm³/mol. The Balaban J connectivity index is 1.81. The molecule has 0 atom stereocenters. The van der Waals surface area contributed by atoms with Crippen LogP contribution in [0.5, 0.6) is 5.75 Å². The molecule has 2 amide bonds. The normalized spacial score (nSPS) is 10.0. The number of methoxy groups -OCH3 is 1. The van der Waals surface area contributed by atoms with E-state index in [2.05, 4.69) is 10.6 Å². The maximum absolute atomic E-state index is 11.8. The molecule has 0 heterocycles. The molecule has 0 spiro atoms. The maximum atomic E-state index is 11.8. The van der Waals surface area contributed by atoms with Crippen molar-refractivity contribution in [2.45, 2.75) is 20.0 Å². The van der Waals surface area contributed by atoms with Gasteiger partial charge in [-0.3, -0.25) is 9.59 Å². The summed E-state index contributed by atoms with van der Waals surface area (Å²) >= 11 is 0. The molecule has 0 aliphatic rings. The summed E-state index contributed by atoms with van der Waals surface area (Å²) in [6, 6.07) is 15.1. The Morgan fingerprint density at radius 1 is 0.913 bits per heavy atom. The molecular formula is C18H20N2O3. The molecule has 0 fully saturated rings. The lowest BCUT2D eigenvalue weighted by atomic mass is 10.1. The molecule has 0 aliphatic heterocycles. The molecule has 0 aromatic heterocycles. The van der Waals surface area contributed by atoms with E-state index in [-0.39, 0.29) is 6.54 Å². The van der Waals surface area contributed by atoms with E-state index < -0.39 is 11.8 Å². The number of aryl methyl sites for hydroxylation is 1. The van der Waals surface area contributed by atoms with Crippen LogP contribution in [-0.4, -0.2) is 18.9 Å². The van der Waals surface area contributed by atoms with Crippen molar-refractivity contribution < 1.29 is 14.3 Å². The lowest BCUT2D eigenvalue weighted by Gasteiger charge is -2.08. The number of rotatable bonds is 5. The van der Waals surface area contributed by atoms with Crippen molar-refractivity contribution in [3.8, 4) is 5.75 Å². The highest BCUT2D eigenvalue weighted by Crippen LogP contribution is 2.12. The highest BCUT2D eigenvalue weighted by molar-refractivity contribution is 6.35. The Morgan fingerprint density at radius 2 is 1.48 bits per heavy atom. The van der Waals surface area contributed by atoms with E-state index in [1.807, 2.05) is 55.5 Å². The molecular weight excluding hydrogens is 292 g/mol. The van der Waals surface area contributed by atoms with Gasteiger partial charge in [0.2, 0.25) is 0 Å². The molecule has 23 heavy (non-hydrogen) atoms. The average Bonchev–Trinajstić information content (AvgIpc) is 2.57. The first-order valence-electron chi connectivity index (χ1n) is 7.33. The van der Waals surface area contributed by atoms with Gasteiger partial charge in [-0.2, -0.15) is 0 Å². The van der Waals surface area contributed by atoms with Crippen LogP contribution in [0.25, 0.3) is 0 Å². The first-order valence-corrected chi connectivity index (χ1v) is 7.33. The van der Waals surface area contributed by atoms with Crippen LogP contribution in [0.4, 0.5) is 0 Å². The molecule has 0 bridgehead atoms. The Bertz CT molecular complexity index is 698. The zero-order chi connectivity index (χ0) is 16.7. The summed E-state index contributed by atoms with van der Waals surface area (Å²) in [6.45, 7) is 2.58. The highest BCUT2D eigenvalue weighted by Gasteiger charge is 2.12. The summed E-state index contributed by atoms with van der Waals surface area (Å²) in [5.74, 6) is -0.587. The number of carbonyl (C=O) groups is 2. The summed E-state index contributed by atoms with van der Waals surface area (Å²) in [7, 11) is 1.58. The van der Waals surface area contributed by atoms with Gasteiger partial charge in [0.25, 0.3) is 0 Å². The minimum absolute atomic E-state index is 0.272. The Hall–Kier alpha value is -2.82. The summed E-state index contributed by atoms with van der Waals surface area (Å²) in [5.41, 5.74) is 2.93. The van der Waals surface area contributed by atoms with Crippen LogP contribution in [0.1, 0.15) is 16.7 Å². The molecule has 5 nitrogen and oxygen atoms in total. The fourth-order valence-electron chi connectivity index (χ4n) is 2.13. The van der Waals surface area contributed by atoms with Gasteiger partial charge in [-0.1, -0.05) is 42.0 Å². The molecule has 0 unspecified atom stereocenters. The summed E-state index contributed by atoms with van der Waals surface area (Å²) < 4.78 is 5.11. The quantitative estimate of drug-likeness (QED) is 0.829. The Kier molecular flexibility index (Phi) is 5.74. The fraction of sp³-hybridized carbons (Fsp3) is 0.222. The molecule has 2 aromatic carbocycles. The molecule has 0 aliphatic carbocycles. The topological polar surface area (TPSA) is 67.4 Å². The summed E-state index contributed by atoms with van der Waals surface area (Å²) in [5, 5.41) is 5.20. The van der Waals surface area contributed by atoms with Gasteiger partial charge in [0, 0.05) is 13.1 Å². The molecule has 2 N–H and O–H groups in total. The number of hydrogen-bond donors (Lipinski definition) is 2. The Morgan fingerprint density at radius 3 is 2.04 bits per heavy atom. The second-order valence-electron chi connectivity index (χ2n) is 5.21. The zero-order valence-corrected chi connectivity index (χ0v) is 13.3. The van der Waals surface area contributed by atoms with E-state index in [0.29, 0.717) is 12.3 Å². The van der Waals surface area contributed by atoms with Crippen LogP contribution in [0.3, 0.4) is 0 Å². The van der Waals surface area contributed by atoms with Crippen molar-refractivity contribution >= 4 is 11.8 Å². The van der Waals surface area contributed by atoms with Crippen LogP contribution in [0.2, 0.25) is 0 Å². The minimum Gasteiger partial charge on any atom is -0.497 e. The Labute approximate surface area is 135 Å². The van der Waals surface area contributed by atoms with E-state index in [1.165, 1.54) is 0 Å². The van der Waals surface area contributed by atoms with Gasteiger partial charge in [-0.05, 0) is 30.2 Å². The smallest absolute Gasteiger partial charge is 0.309 e. The van der Waals surface area contributed by atoms with E-state index in [4.69, 9.17) is 4.74 Å². The fourth-order valence-corrected chi connectivity index (χ4v) is 2.13. The SMILES string of the molecule is COc1cccc(CNC(=O)C(=O)NCc2cccc(C)c2)c1. The molecule has 120 valence electrons. The molecule has 0 saturated heterocycles. The summed E-state index contributed by atoms with van der Waals surface area (Å²) in [6.07, 6.45) is 0. The van der Waals surface area contributed by atoms with Crippen molar-refractivity contribution in [2.75, 3.05) is 7.11 Å². The highest BCUT2D eigenvalue weighted by atomic mass is 16.5. The van der Waals surface area contributed by atoms with Crippen LogP contribution in [0.15, 0.2) is 48.5 Å². The first-order chi connectivity index (χ1) is 11.1. The van der Waals surface area contributed by atoms with Crippen molar-refractivity contribution in [1.82, 2.24) is 10.6 Å². The largest absolute Gasteiger partial charge is 0.497 e. The van der Waals surface area contributed by atoms with Gasteiger partial charge in [0.15, 0.2) is 0 Å². The van der Waals surface area contributed by atoms with Gasteiger partial charge in [-0.25, -0.2) is 0 Å². The number of amides is 2. The summed E-state index contributed by atoms with van der Waals surface area (Å²) in [4.78, 5) is 23.6. The van der Waals surface area contributed by atoms with Gasteiger partial charge in [0.1, 0.15) is 5.75 Å². The second kappa shape index (κ2) is 7.98. The van der Waals surface area contributed by atoms with E-state index in [1.54, 1.807) is 7.11 Å². The number of nitrogens with one attached hydrogen (secondary N) is 2. The minimum atomic E-state index is -0.652. The maximum Gasteiger partial charge on any atom is 0.309 e. The monoisotopic (exact) mass is 312 g/mol. The van der Waals surface area contributed by atoms with Crippen LogP contribution in [-0.2, 0) is 22.7 Å². The molecule has 0 radical (unpaired) electrons. The molecule has 2 aromatic rings. The van der Waals surface area contributed by atoms with Crippen molar-refractivity contribution in [2.24, 2.45) is 0 Å². The van der Waals surface area contributed by atoms with Crippen LogP contribution in [0, 0.1) is 6.92 Å². The van der Waals surface area contributed by atoms with E-state index >= 15 is 0 Å². The standard InChI is InChI=1S/C18H20N2O3/c1-13-5-3-6-14(9-13)11-19-17(21)18(22)20-12-15-7-4-8-16(10-15)23-2/h3-10H,11-12H2,1-2H3,(H,19,21)(H,20,22). The van der Waals surface area contributed by atoms with Crippen molar-refractivity contribution in [3.63, 3.8) is 0 Å². The average molecular weight is 312 g/mol. The van der Waals surface area contributed by atoms with Gasteiger partial charge in [-0.15, -0.1) is 0 Å². The number of hydrogen-bond acceptors (Lipinski definition) is 3. The number of ether oxygens (including phenoxy) is 1. The van der Waals surface area contributed by atoms with Crippen molar-refractivity contribution in [1.29, 1.82) is 0 Å². The third kappa shape index (κ3) is 5.14. The number of carbonyl (C=O) groups excluding carboxylic acids is 2. The van der Waals surface area contributed by atoms with E-state index in [9.17, 15) is 9.59 Å². The predicted octanol–water partition coefficient (Wildman–Crippen LogP) is 1.94. The van der Waals surface area contributed by atoms with Gasteiger partial charge >= 0.3 is 11.8 Å². The lowest BCUT2D eigenvalue weighted by Crippen LogP contribution is -2.39. The van der Waals surface area contributed by atoms with Gasteiger partial charge in [0.05, 0.1) is 7.11 Å². The number of benzene rings is 2. The van der Waals surface area contributed by atoms with Crippen molar-refractivity contribution in [3.05, 3.63) is 65.2 Å². The lowest BCUT2D eigenvalue weighted by molar-refractivity contribution is -0.139.